The van der Waals surface area contributed by atoms with E-state index in [1.807, 2.05) is 55.5 Å². The normalized spacial score (nSPS) is 17.6. The summed E-state index contributed by atoms with van der Waals surface area (Å²) in [6.45, 7) is 7.61. The Morgan fingerprint density at radius 2 is 1.64 bits per heavy atom. The first-order valence-corrected chi connectivity index (χ1v) is 12.5. The number of hydrogen-bond donors (Lipinski definition) is 0. The third-order valence-electron chi connectivity index (χ3n) is 5.65. The quantitative estimate of drug-likeness (QED) is 0.476. The third kappa shape index (κ3) is 4.87. The molecule has 3 aromatic carbocycles. The van der Waals surface area contributed by atoms with Crippen LogP contribution in [-0.4, -0.2) is 30.8 Å². The first kappa shape index (κ1) is 23.2. The molecule has 1 aliphatic rings. The number of fused-ring (bicyclic) bond motifs is 1. The van der Waals surface area contributed by atoms with Gasteiger partial charge in [0, 0.05) is 6.54 Å². The summed E-state index contributed by atoms with van der Waals surface area (Å²) >= 11 is 0. The van der Waals surface area contributed by atoms with E-state index in [0.29, 0.717) is 12.0 Å². The molecule has 5 nitrogen and oxygen atoms in total. The molecule has 0 fully saturated rings. The molecule has 3 aromatic rings. The predicted molar refractivity (Wildman–Crippen MR) is 130 cm³/mol. The monoisotopic (exact) mass is 463 g/mol. The number of esters is 1. The Morgan fingerprint density at radius 3 is 2.30 bits per heavy atom. The van der Waals surface area contributed by atoms with Crippen molar-refractivity contribution in [1.82, 2.24) is 4.31 Å². The fourth-order valence-electron chi connectivity index (χ4n) is 4.10. The largest absolute Gasteiger partial charge is 0.457 e. The van der Waals surface area contributed by atoms with Crippen molar-refractivity contribution < 1.29 is 17.9 Å². The lowest BCUT2D eigenvalue weighted by atomic mass is 9.93. The summed E-state index contributed by atoms with van der Waals surface area (Å²) in [7, 11) is -3.85. The zero-order valence-corrected chi connectivity index (χ0v) is 20.2. The van der Waals surface area contributed by atoms with E-state index >= 15 is 0 Å². The molecule has 4 rings (SSSR count). The van der Waals surface area contributed by atoms with Gasteiger partial charge in [-0.3, -0.25) is 0 Å². The van der Waals surface area contributed by atoms with Crippen molar-refractivity contribution in [2.75, 3.05) is 6.54 Å². The molecule has 0 aromatic heterocycles. The molecule has 0 radical (unpaired) electrons. The Morgan fingerprint density at radius 1 is 0.970 bits per heavy atom. The minimum absolute atomic E-state index is 0.212. The molecule has 0 N–H and O–H groups in total. The average Bonchev–Trinajstić information content (AvgIpc) is 2.77. The maximum absolute atomic E-state index is 13.7. The fourth-order valence-corrected chi connectivity index (χ4v) is 5.71. The molecular weight excluding hydrogens is 434 g/mol. The number of carbonyl (C=O) groups excluding carboxylic acids is 1. The SMILES string of the molecule is Cc1ccc(S(=O)(=O)N2CCC=C(C(=O)OC(C)(C)C)[C@@H]2c2ccc3ccccc3c2)cc1. The van der Waals surface area contributed by atoms with Gasteiger partial charge in [0.1, 0.15) is 5.60 Å². The molecule has 0 amide bonds. The summed E-state index contributed by atoms with van der Waals surface area (Å²) in [6.07, 6.45) is 2.25. The van der Waals surface area contributed by atoms with Crippen LogP contribution in [0.1, 0.15) is 44.4 Å². The molecule has 172 valence electrons. The molecule has 0 saturated carbocycles. The van der Waals surface area contributed by atoms with E-state index in [-0.39, 0.29) is 11.4 Å². The topological polar surface area (TPSA) is 63.7 Å². The van der Waals surface area contributed by atoms with Crippen LogP contribution in [-0.2, 0) is 19.6 Å². The van der Waals surface area contributed by atoms with Crippen LogP contribution in [0.25, 0.3) is 10.8 Å². The summed E-state index contributed by atoms with van der Waals surface area (Å²) < 4.78 is 34.6. The van der Waals surface area contributed by atoms with Gasteiger partial charge >= 0.3 is 5.97 Å². The van der Waals surface area contributed by atoms with Gasteiger partial charge in [0.25, 0.3) is 0 Å². The predicted octanol–water partition coefficient (Wildman–Crippen LogP) is 5.55. The number of ether oxygens (including phenoxy) is 1. The van der Waals surface area contributed by atoms with Gasteiger partial charge in [-0.2, -0.15) is 4.31 Å². The van der Waals surface area contributed by atoms with Crippen molar-refractivity contribution in [2.45, 2.75) is 50.7 Å². The molecule has 6 heteroatoms. The summed E-state index contributed by atoms with van der Waals surface area (Å²) in [5, 5.41) is 2.03. The lowest BCUT2D eigenvalue weighted by Crippen LogP contribution is -2.41. The average molecular weight is 464 g/mol. The Hall–Kier alpha value is -2.96. The van der Waals surface area contributed by atoms with Crippen molar-refractivity contribution in [3.05, 3.63) is 89.5 Å². The van der Waals surface area contributed by atoms with Crippen LogP contribution in [0.3, 0.4) is 0 Å². The molecule has 33 heavy (non-hydrogen) atoms. The number of hydrogen-bond acceptors (Lipinski definition) is 4. The Kier molecular flexibility index (Phi) is 6.16. The highest BCUT2D eigenvalue weighted by Gasteiger charge is 2.40. The van der Waals surface area contributed by atoms with Gasteiger partial charge in [0.2, 0.25) is 10.0 Å². The molecule has 1 aliphatic heterocycles. The summed E-state index contributed by atoms with van der Waals surface area (Å²) in [4.78, 5) is 13.4. The molecule has 1 atom stereocenters. The van der Waals surface area contributed by atoms with Crippen LogP contribution >= 0.6 is 0 Å². The maximum atomic E-state index is 13.7. The van der Waals surface area contributed by atoms with Crippen molar-refractivity contribution in [3.8, 4) is 0 Å². The first-order valence-electron chi connectivity index (χ1n) is 11.1. The lowest BCUT2D eigenvalue weighted by Gasteiger charge is -2.36. The number of sulfonamides is 1. The van der Waals surface area contributed by atoms with Crippen LogP contribution in [0, 0.1) is 6.92 Å². The molecule has 0 aliphatic carbocycles. The van der Waals surface area contributed by atoms with Crippen molar-refractivity contribution in [3.63, 3.8) is 0 Å². The van der Waals surface area contributed by atoms with E-state index < -0.39 is 27.6 Å². The van der Waals surface area contributed by atoms with Gasteiger partial charge in [0.15, 0.2) is 0 Å². The van der Waals surface area contributed by atoms with E-state index in [2.05, 4.69) is 0 Å². The second kappa shape index (κ2) is 8.76. The smallest absolute Gasteiger partial charge is 0.336 e. The highest BCUT2D eigenvalue weighted by Crippen LogP contribution is 2.39. The minimum atomic E-state index is -3.85. The van der Waals surface area contributed by atoms with Crippen molar-refractivity contribution in [2.24, 2.45) is 0 Å². The number of aryl methyl sites for hydroxylation is 1. The molecule has 0 saturated heterocycles. The van der Waals surface area contributed by atoms with Crippen molar-refractivity contribution >= 4 is 26.8 Å². The Bertz CT molecular complexity index is 1320. The number of nitrogens with zero attached hydrogens (tertiary/aromatic N) is 1. The first-order chi connectivity index (χ1) is 15.6. The second-order valence-corrected chi connectivity index (χ2v) is 11.3. The Labute approximate surface area is 195 Å². The van der Waals surface area contributed by atoms with E-state index in [1.165, 1.54) is 4.31 Å². The Balaban J connectivity index is 1.85. The van der Waals surface area contributed by atoms with Gasteiger partial charge in [-0.1, -0.05) is 60.2 Å². The molecule has 0 spiro atoms. The number of rotatable bonds is 4. The number of benzene rings is 3. The van der Waals surface area contributed by atoms with E-state index in [1.54, 1.807) is 45.0 Å². The summed E-state index contributed by atoms with van der Waals surface area (Å²) in [5.74, 6) is -0.496. The highest BCUT2D eigenvalue weighted by molar-refractivity contribution is 7.89. The van der Waals surface area contributed by atoms with Crippen molar-refractivity contribution in [1.29, 1.82) is 0 Å². The van der Waals surface area contributed by atoms with E-state index in [0.717, 1.165) is 21.9 Å². The van der Waals surface area contributed by atoms with Gasteiger partial charge in [-0.05, 0) is 68.7 Å². The minimum Gasteiger partial charge on any atom is -0.457 e. The van der Waals surface area contributed by atoms with Gasteiger partial charge in [-0.25, -0.2) is 13.2 Å². The van der Waals surface area contributed by atoms with E-state index in [4.69, 9.17) is 4.74 Å². The molecule has 0 unspecified atom stereocenters. The summed E-state index contributed by atoms with van der Waals surface area (Å²) in [5.41, 5.74) is 1.38. The highest BCUT2D eigenvalue weighted by atomic mass is 32.2. The van der Waals surface area contributed by atoms with Gasteiger partial charge in [-0.15, -0.1) is 0 Å². The molecular formula is C27H29NO4S. The third-order valence-corrected chi connectivity index (χ3v) is 7.53. The fraction of sp³-hybridized carbons (Fsp3) is 0.296. The zero-order chi connectivity index (χ0) is 23.8. The maximum Gasteiger partial charge on any atom is 0.336 e. The lowest BCUT2D eigenvalue weighted by molar-refractivity contribution is -0.150. The van der Waals surface area contributed by atoms with Crippen LogP contribution in [0.2, 0.25) is 0 Å². The molecule has 1 heterocycles. The van der Waals surface area contributed by atoms with Crippen LogP contribution in [0.15, 0.2) is 83.3 Å². The van der Waals surface area contributed by atoms with Crippen LogP contribution < -0.4 is 0 Å². The van der Waals surface area contributed by atoms with Crippen LogP contribution in [0.5, 0.6) is 0 Å². The second-order valence-electron chi connectivity index (χ2n) is 9.39. The van der Waals surface area contributed by atoms with Crippen LogP contribution in [0.4, 0.5) is 0 Å². The number of carbonyl (C=O) groups is 1. The van der Waals surface area contributed by atoms with Gasteiger partial charge < -0.3 is 4.74 Å². The zero-order valence-electron chi connectivity index (χ0n) is 19.4. The van der Waals surface area contributed by atoms with E-state index in [9.17, 15) is 13.2 Å². The standard InChI is InChI=1S/C27H29NO4S/c1-19-11-15-23(16-12-19)33(30,31)28-17-7-10-24(26(29)32-27(2,3)4)25(28)22-14-13-20-8-5-6-9-21(20)18-22/h5-6,8-16,18,25H,7,17H2,1-4H3/t25-/m0/s1. The van der Waals surface area contributed by atoms with Gasteiger partial charge in [0.05, 0.1) is 16.5 Å². The molecule has 0 bridgehead atoms. The summed E-state index contributed by atoms with van der Waals surface area (Å²) in [6, 6.07) is 19.7.